The lowest BCUT2D eigenvalue weighted by Crippen LogP contribution is -2.50. The van der Waals surface area contributed by atoms with Crippen molar-refractivity contribution in [1.29, 1.82) is 0 Å². The molecule has 2 aromatic carbocycles. The summed E-state index contributed by atoms with van der Waals surface area (Å²) >= 11 is 12.4. The van der Waals surface area contributed by atoms with Crippen LogP contribution in [-0.4, -0.2) is 37.6 Å². The van der Waals surface area contributed by atoms with Crippen molar-refractivity contribution in [2.75, 3.05) is 26.4 Å². The number of carbonyl (C=O) groups excluding carboxylic acids is 1. The third-order valence-electron chi connectivity index (χ3n) is 6.24. The molecule has 0 saturated carbocycles. The Labute approximate surface area is 191 Å². The van der Waals surface area contributed by atoms with E-state index in [4.69, 9.17) is 32.7 Å². The van der Waals surface area contributed by atoms with Gasteiger partial charge in [0.2, 0.25) is 0 Å². The minimum Gasteiger partial charge on any atom is -0.492 e. The third-order valence-corrected chi connectivity index (χ3v) is 7.03. The van der Waals surface area contributed by atoms with Crippen LogP contribution in [0.15, 0.2) is 42.5 Å². The van der Waals surface area contributed by atoms with Crippen molar-refractivity contribution < 1.29 is 19.4 Å². The lowest BCUT2D eigenvalue weighted by atomic mass is 9.72. The number of benzene rings is 2. The molecule has 0 aromatic heterocycles. The maximum Gasteiger partial charge on any atom is 0.315 e. The van der Waals surface area contributed by atoms with Crippen molar-refractivity contribution in [3.05, 3.63) is 63.6 Å². The molecule has 4 rings (SSSR count). The molecule has 2 amide bonds. The van der Waals surface area contributed by atoms with Gasteiger partial charge in [0.1, 0.15) is 10.8 Å². The molecule has 8 heteroatoms. The summed E-state index contributed by atoms with van der Waals surface area (Å²) in [5.74, 6) is 0.515. The van der Waals surface area contributed by atoms with Gasteiger partial charge in [-0.15, -0.1) is 0 Å². The monoisotopic (exact) mass is 464 g/mol. The van der Waals surface area contributed by atoms with Crippen molar-refractivity contribution in [1.82, 2.24) is 10.6 Å². The van der Waals surface area contributed by atoms with Crippen LogP contribution in [0.5, 0.6) is 5.75 Å². The van der Waals surface area contributed by atoms with E-state index < -0.39 is 5.41 Å². The molecule has 1 saturated heterocycles. The number of nitrogens with one attached hydrogen (secondary N) is 2. The van der Waals surface area contributed by atoms with Crippen LogP contribution in [0.3, 0.4) is 0 Å². The second-order valence-electron chi connectivity index (χ2n) is 8.06. The van der Waals surface area contributed by atoms with Crippen molar-refractivity contribution in [2.24, 2.45) is 5.41 Å². The highest BCUT2D eigenvalue weighted by Gasteiger charge is 2.42. The zero-order valence-corrected chi connectivity index (χ0v) is 18.6. The number of halogens is 2. The molecule has 166 valence electrons. The number of aliphatic hydroxyl groups is 1. The molecule has 6 nitrogen and oxygen atoms in total. The van der Waals surface area contributed by atoms with E-state index in [2.05, 4.69) is 10.6 Å². The smallest absolute Gasteiger partial charge is 0.315 e. The van der Waals surface area contributed by atoms with E-state index in [1.165, 1.54) is 0 Å². The number of amides is 2. The van der Waals surface area contributed by atoms with Gasteiger partial charge >= 0.3 is 6.03 Å². The Hall–Kier alpha value is -1.99. The summed E-state index contributed by atoms with van der Waals surface area (Å²) in [7, 11) is 0. The zero-order chi connectivity index (χ0) is 21.8. The van der Waals surface area contributed by atoms with E-state index in [9.17, 15) is 9.90 Å². The van der Waals surface area contributed by atoms with Crippen LogP contribution in [0, 0.1) is 5.41 Å². The van der Waals surface area contributed by atoms with Crippen molar-refractivity contribution in [3.8, 4) is 5.75 Å². The molecule has 3 N–H and O–H groups in total. The third kappa shape index (κ3) is 4.62. The highest BCUT2D eigenvalue weighted by Crippen LogP contribution is 2.43. The number of aliphatic hydroxyl groups excluding tert-OH is 1. The van der Waals surface area contributed by atoms with Gasteiger partial charge in [0.05, 0.1) is 30.3 Å². The fraction of sp³-hybridized carbons (Fsp3) is 0.435. The summed E-state index contributed by atoms with van der Waals surface area (Å²) < 4.78 is 11.2. The summed E-state index contributed by atoms with van der Waals surface area (Å²) in [6, 6.07) is 12.4. The van der Waals surface area contributed by atoms with Crippen LogP contribution in [0.2, 0.25) is 10.0 Å². The number of urea groups is 1. The maximum absolute atomic E-state index is 13.1. The average Bonchev–Trinajstić information content (AvgIpc) is 2.81. The largest absolute Gasteiger partial charge is 0.492 e. The fourth-order valence-corrected chi connectivity index (χ4v) is 4.81. The molecule has 2 aliphatic heterocycles. The lowest BCUT2D eigenvalue weighted by molar-refractivity contribution is -0.0360. The first-order valence-electron chi connectivity index (χ1n) is 10.5. The normalized spacial score (nSPS) is 20.8. The molecule has 0 radical (unpaired) electrons. The van der Waals surface area contributed by atoms with Gasteiger partial charge in [-0.25, -0.2) is 4.79 Å². The molecule has 2 unspecified atom stereocenters. The second kappa shape index (κ2) is 9.65. The van der Waals surface area contributed by atoms with Crippen LogP contribution in [0.25, 0.3) is 0 Å². The SMILES string of the molecule is O=C(NC1CCOc2c1ccc(Cl)c2Cl)NC(c1ccccc1)C1(CO)CCOCC1. The maximum atomic E-state index is 13.1. The molecule has 1 fully saturated rings. The minimum absolute atomic E-state index is 0.0373. The zero-order valence-electron chi connectivity index (χ0n) is 17.1. The molecule has 2 atom stereocenters. The first kappa shape index (κ1) is 22.2. The molecular formula is C23H26Cl2N2O4. The highest BCUT2D eigenvalue weighted by molar-refractivity contribution is 6.43. The number of hydrogen-bond donors (Lipinski definition) is 3. The van der Waals surface area contributed by atoms with Crippen molar-refractivity contribution >= 4 is 29.2 Å². The Morgan fingerprint density at radius 2 is 1.87 bits per heavy atom. The van der Waals surface area contributed by atoms with E-state index in [-0.39, 0.29) is 24.7 Å². The fourth-order valence-electron chi connectivity index (χ4n) is 4.43. The molecule has 31 heavy (non-hydrogen) atoms. The standard InChI is InChI=1S/C23H26Cl2N2O4/c24-17-7-6-16-18(8-11-31-20(16)19(17)25)26-22(29)27-21(15-4-2-1-3-5-15)23(14-28)9-12-30-13-10-23/h1-7,18,21,28H,8-14H2,(H2,26,27,29). The molecule has 2 aliphatic rings. The number of rotatable bonds is 5. The van der Waals surface area contributed by atoms with Crippen LogP contribution >= 0.6 is 23.2 Å². The van der Waals surface area contributed by atoms with Crippen LogP contribution in [-0.2, 0) is 4.74 Å². The van der Waals surface area contributed by atoms with E-state index in [0.29, 0.717) is 54.9 Å². The van der Waals surface area contributed by atoms with Gasteiger partial charge in [0.15, 0.2) is 0 Å². The van der Waals surface area contributed by atoms with Gasteiger partial charge in [-0.05, 0) is 24.5 Å². The minimum atomic E-state index is -0.485. The Morgan fingerprint density at radius 3 is 2.58 bits per heavy atom. The Morgan fingerprint density at radius 1 is 1.13 bits per heavy atom. The topological polar surface area (TPSA) is 79.8 Å². The predicted molar refractivity (Wildman–Crippen MR) is 120 cm³/mol. The molecule has 0 spiro atoms. The van der Waals surface area contributed by atoms with Crippen molar-refractivity contribution in [2.45, 2.75) is 31.3 Å². The summed E-state index contributed by atoms with van der Waals surface area (Å²) in [6.07, 6.45) is 1.95. The lowest BCUT2D eigenvalue weighted by Gasteiger charge is -2.43. The second-order valence-corrected chi connectivity index (χ2v) is 8.85. The molecular weight excluding hydrogens is 439 g/mol. The van der Waals surface area contributed by atoms with E-state index in [0.717, 1.165) is 11.1 Å². The quantitative estimate of drug-likeness (QED) is 0.601. The Bertz CT molecular complexity index is 919. The Balaban J connectivity index is 1.56. The molecule has 2 heterocycles. The first-order valence-corrected chi connectivity index (χ1v) is 11.2. The van der Waals surface area contributed by atoms with Gasteiger partial charge in [-0.3, -0.25) is 0 Å². The van der Waals surface area contributed by atoms with E-state index >= 15 is 0 Å². The number of carbonyl (C=O) groups is 1. The van der Waals surface area contributed by atoms with Crippen LogP contribution in [0.1, 0.15) is 42.5 Å². The average molecular weight is 465 g/mol. The van der Waals surface area contributed by atoms with Crippen LogP contribution in [0.4, 0.5) is 4.79 Å². The van der Waals surface area contributed by atoms with Gasteiger partial charge < -0.3 is 25.2 Å². The van der Waals surface area contributed by atoms with Gasteiger partial charge in [0.25, 0.3) is 0 Å². The first-order chi connectivity index (χ1) is 15.0. The van der Waals surface area contributed by atoms with Crippen LogP contribution < -0.4 is 15.4 Å². The summed E-state index contributed by atoms with van der Waals surface area (Å²) in [4.78, 5) is 13.1. The van der Waals surface area contributed by atoms with Gasteiger partial charge in [0, 0.05) is 30.6 Å². The van der Waals surface area contributed by atoms with E-state index in [1.807, 2.05) is 36.4 Å². The molecule has 2 aromatic rings. The highest BCUT2D eigenvalue weighted by atomic mass is 35.5. The summed E-state index contributed by atoms with van der Waals surface area (Å²) in [5.41, 5.74) is 1.27. The summed E-state index contributed by atoms with van der Waals surface area (Å²) in [5, 5.41) is 17.3. The summed E-state index contributed by atoms with van der Waals surface area (Å²) in [6.45, 7) is 1.50. The Kier molecular flexibility index (Phi) is 6.92. The van der Waals surface area contributed by atoms with Crippen molar-refractivity contribution in [3.63, 3.8) is 0 Å². The predicted octanol–water partition coefficient (Wildman–Crippen LogP) is 4.65. The number of hydrogen-bond acceptors (Lipinski definition) is 4. The van der Waals surface area contributed by atoms with Gasteiger partial charge in [-0.2, -0.15) is 0 Å². The molecule has 0 bridgehead atoms. The molecule has 0 aliphatic carbocycles. The van der Waals surface area contributed by atoms with Gasteiger partial charge in [-0.1, -0.05) is 59.6 Å². The number of fused-ring (bicyclic) bond motifs is 1. The van der Waals surface area contributed by atoms with E-state index in [1.54, 1.807) is 6.07 Å². The number of ether oxygens (including phenoxy) is 2.